The maximum Gasteiger partial charge on any atom is 0.417 e. The van der Waals surface area contributed by atoms with Crippen LogP contribution in [0.5, 0.6) is 0 Å². The highest BCUT2D eigenvalue weighted by Crippen LogP contribution is 2.29. The Bertz CT molecular complexity index is 1470. The summed E-state index contributed by atoms with van der Waals surface area (Å²) in [5.74, 6) is -0.252. The number of nitrogens with zero attached hydrogens (tertiary/aromatic N) is 3. The number of alkyl halides is 3. The summed E-state index contributed by atoms with van der Waals surface area (Å²) in [6, 6.07) is 13.8. The average Bonchev–Trinajstić information content (AvgIpc) is 3.21. The standard InChI is InChI=1S/C24H17Cl2F3N6O2/c1-13-9-21(35(34-13)20-8-5-15(12-30-20)24(27,28)29)33-22(36)14-3-2-4-16(10-14)31-23(37)32-17-6-7-18(25)19(26)11-17/h2-12H,1H3,(H,33,36)(H2,31,32,37). The molecule has 0 fully saturated rings. The zero-order valence-corrected chi connectivity index (χ0v) is 20.4. The van der Waals surface area contributed by atoms with Crippen LogP contribution in [0.15, 0.2) is 66.9 Å². The van der Waals surface area contributed by atoms with Gasteiger partial charge in [0.2, 0.25) is 0 Å². The molecule has 0 aliphatic heterocycles. The van der Waals surface area contributed by atoms with Crippen molar-refractivity contribution in [1.29, 1.82) is 0 Å². The van der Waals surface area contributed by atoms with Gasteiger partial charge in [0.1, 0.15) is 5.82 Å². The summed E-state index contributed by atoms with van der Waals surface area (Å²) in [4.78, 5) is 29.1. The molecule has 0 saturated carbocycles. The van der Waals surface area contributed by atoms with Crippen molar-refractivity contribution in [3.05, 3.63) is 93.7 Å². The number of hydrogen-bond donors (Lipinski definition) is 3. The fourth-order valence-corrected chi connectivity index (χ4v) is 3.53. The minimum atomic E-state index is -4.53. The summed E-state index contributed by atoms with van der Waals surface area (Å²) in [5, 5.41) is 12.7. The number of halogens is 5. The number of amides is 3. The van der Waals surface area contributed by atoms with Gasteiger partial charge in [0, 0.05) is 29.2 Å². The Labute approximate surface area is 218 Å². The number of hydrogen-bond acceptors (Lipinski definition) is 4. The molecule has 0 bridgehead atoms. The Morgan fingerprint density at radius 2 is 1.62 bits per heavy atom. The third kappa shape index (κ3) is 6.38. The van der Waals surface area contributed by atoms with E-state index in [9.17, 15) is 22.8 Å². The monoisotopic (exact) mass is 548 g/mol. The topological polar surface area (TPSA) is 101 Å². The highest BCUT2D eigenvalue weighted by molar-refractivity contribution is 6.42. The molecule has 0 unspecified atom stereocenters. The second-order valence-electron chi connectivity index (χ2n) is 7.73. The quantitative estimate of drug-likeness (QED) is 0.255. The van der Waals surface area contributed by atoms with Crippen LogP contribution in [-0.2, 0) is 6.18 Å². The fraction of sp³-hybridized carbons (Fsp3) is 0.0833. The summed E-state index contributed by atoms with van der Waals surface area (Å²) < 4.78 is 39.8. The third-order valence-corrected chi connectivity index (χ3v) is 5.66. The first-order chi connectivity index (χ1) is 17.5. The smallest absolute Gasteiger partial charge is 0.308 e. The predicted octanol–water partition coefficient (Wildman–Crippen LogP) is 6.80. The highest BCUT2D eigenvalue weighted by atomic mass is 35.5. The lowest BCUT2D eigenvalue weighted by Gasteiger charge is -2.11. The van der Waals surface area contributed by atoms with Crippen molar-refractivity contribution in [3.63, 3.8) is 0 Å². The minimum absolute atomic E-state index is 0.0887. The van der Waals surface area contributed by atoms with Gasteiger partial charge in [-0.15, -0.1) is 0 Å². The summed E-state index contributed by atoms with van der Waals surface area (Å²) in [6.07, 6.45) is -3.84. The van der Waals surface area contributed by atoms with Crippen LogP contribution in [0.2, 0.25) is 10.0 Å². The number of pyridine rings is 1. The maximum atomic E-state index is 12.9. The molecule has 0 atom stereocenters. The maximum absolute atomic E-state index is 12.9. The molecule has 4 rings (SSSR count). The van der Waals surface area contributed by atoms with Crippen molar-refractivity contribution in [3.8, 4) is 5.82 Å². The van der Waals surface area contributed by atoms with Gasteiger partial charge in [0.15, 0.2) is 5.82 Å². The van der Waals surface area contributed by atoms with Crippen molar-refractivity contribution in [1.82, 2.24) is 14.8 Å². The molecule has 2 heterocycles. The number of nitrogens with one attached hydrogen (secondary N) is 3. The van der Waals surface area contributed by atoms with Crippen molar-refractivity contribution < 1.29 is 22.8 Å². The van der Waals surface area contributed by atoms with Crippen LogP contribution >= 0.6 is 23.2 Å². The molecule has 0 spiro atoms. The molecule has 4 aromatic rings. The van der Waals surface area contributed by atoms with Gasteiger partial charge in [-0.25, -0.2) is 9.78 Å². The third-order valence-electron chi connectivity index (χ3n) is 4.93. The Morgan fingerprint density at radius 3 is 2.27 bits per heavy atom. The summed E-state index contributed by atoms with van der Waals surface area (Å²) in [5.41, 5.74) is 0.559. The second-order valence-corrected chi connectivity index (χ2v) is 8.54. The van der Waals surface area contributed by atoms with Crippen molar-refractivity contribution in [2.45, 2.75) is 13.1 Å². The number of carbonyl (C=O) groups is 2. The molecule has 0 aliphatic rings. The number of rotatable bonds is 5. The van der Waals surface area contributed by atoms with E-state index in [0.29, 0.717) is 28.3 Å². The van der Waals surface area contributed by atoms with Gasteiger partial charge in [0.05, 0.1) is 21.3 Å². The molecule has 3 amide bonds. The molecule has 0 aliphatic carbocycles. The largest absolute Gasteiger partial charge is 0.417 e. The van der Waals surface area contributed by atoms with Gasteiger partial charge in [0.25, 0.3) is 5.91 Å². The van der Waals surface area contributed by atoms with E-state index < -0.39 is 23.7 Å². The molecule has 13 heteroatoms. The number of carbonyl (C=O) groups excluding carboxylic acids is 2. The summed E-state index contributed by atoms with van der Waals surface area (Å²) >= 11 is 11.8. The lowest BCUT2D eigenvalue weighted by atomic mass is 10.2. The first-order valence-corrected chi connectivity index (χ1v) is 11.3. The zero-order valence-electron chi connectivity index (χ0n) is 18.9. The Balaban J connectivity index is 1.47. The molecule has 2 aromatic heterocycles. The second kappa shape index (κ2) is 10.5. The van der Waals surface area contributed by atoms with E-state index in [1.807, 2.05) is 0 Å². The number of aromatic nitrogens is 3. The van der Waals surface area contributed by atoms with Crippen LogP contribution in [0.25, 0.3) is 5.82 Å². The van der Waals surface area contributed by atoms with E-state index in [0.717, 1.165) is 12.1 Å². The number of aryl methyl sites for hydroxylation is 1. The minimum Gasteiger partial charge on any atom is -0.308 e. The molecular weight excluding hydrogens is 532 g/mol. The van der Waals surface area contributed by atoms with E-state index in [1.54, 1.807) is 31.2 Å². The SMILES string of the molecule is Cc1cc(NC(=O)c2cccc(NC(=O)Nc3ccc(Cl)c(Cl)c3)c2)n(-c2ccc(C(F)(F)F)cn2)n1. The van der Waals surface area contributed by atoms with Gasteiger partial charge < -0.3 is 16.0 Å². The van der Waals surface area contributed by atoms with E-state index in [2.05, 4.69) is 26.0 Å². The van der Waals surface area contributed by atoms with E-state index in [1.165, 1.54) is 28.9 Å². The Hall–Kier alpha value is -4.09. The lowest BCUT2D eigenvalue weighted by molar-refractivity contribution is -0.137. The van der Waals surface area contributed by atoms with Gasteiger partial charge >= 0.3 is 12.2 Å². The molecule has 0 saturated heterocycles. The Morgan fingerprint density at radius 1 is 0.892 bits per heavy atom. The molecular formula is C24H17Cl2F3N6O2. The first-order valence-electron chi connectivity index (χ1n) is 10.5. The normalized spacial score (nSPS) is 11.2. The summed E-state index contributed by atoms with van der Waals surface area (Å²) in [7, 11) is 0. The molecule has 2 aromatic carbocycles. The number of urea groups is 1. The molecule has 37 heavy (non-hydrogen) atoms. The van der Waals surface area contributed by atoms with Crippen LogP contribution in [-0.4, -0.2) is 26.7 Å². The number of benzene rings is 2. The zero-order chi connectivity index (χ0) is 26.7. The van der Waals surface area contributed by atoms with E-state index in [-0.39, 0.29) is 22.2 Å². The van der Waals surface area contributed by atoms with Crippen LogP contribution < -0.4 is 16.0 Å². The van der Waals surface area contributed by atoms with Gasteiger partial charge in [-0.05, 0) is 55.5 Å². The van der Waals surface area contributed by atoms with Gasteiger partial charge in [-0.1, -0.05) is 29.3 Å². The Kier molecular flexibility index (Phi) is 7.37. The molecule has 0 radical (unpaired) electrons. The van der Waals surface area contributed by atoms with Crippen LogP contribution in [0.1, 0.15) is 21.6 Å². The van der Waals surface area contributed by atoms with Crippen LogP contribution in [0.3, 0.4) is 0 Å². The van der Waals surface area contributed by atoms with Gasteiger partial charge in [-0.3, -0.25) is 4.79 Å². The molecule has 190 valence electrons. The first kappa shape index (κ1) is 26.0. The highest BCUT2D eigenvalue weighted by Gasteiger charge is 2.30. The van der Waals surface area contributed by atoms with Crippen molar-refractivity contribution >= 4 is 52.3 Å². The molecule has 3 N–H and O–H groups in total. The summed E-state index contributed by atoms with van der Waals surface area (Å²) in [6.45, 7) is 1.66. The van der Waals surface area contributed by atoms with Crippen molar-refractivity contribution in [2.75, 3.05) is 16.0 Å². The average molecular weight is 549 g/mol. The van der Waals surface area contributed by atoms with Crippen molar-refractivity contribution in [2.24, 2.45) is 0 Å². The van der Waals surface area contributed by atoms with Crippen LogP contribution in [0.4, 0.5) is 35.2 Å². The predicted molar refractivity (Wildman–Crippen MR) is 135 cm³/mol. The van der Waals surface area contributed by atoms with E-state index in [4.69, 9.17) is 23.2 Å². The molecule has 8 nitrogen and oxygen atoms in total. The van der Waals surface area contributed by atoms with E-state index >= 15 is 0 Å². The van der Waals surface area contributed by atoms with Crippen LogP contribution in [0, 0.1) is 6.92 Å². The lowest BCUT2D eigenvalue weighted by Crippen LogP contribution is -2.20. The van der Waals surface area contributed by atoms with Gasteiger partial charge in [-0.2, -0.15) is 23.0 Å². The number of anilines is 3. The fourth-order valence-electron chi connectivity index (χ4n) is 3.24.